The second-order valence-corrected chi connectivity index (χ2v) is 4.22. The molecule has 0 spiro atoms. The summed E-state index contributed by atoms with van der Waals surface area (Å²) in [5, 5.41) is 2.90. The Morgan fingerprint density at radius 3 is 2.58 bits per heavy atom. The molecule has 0 fully saturated rings. The first-order valence-corrected chi connectivity index (χ1v) is 5.96. The molecule has 0 bridgehead atoms. The molecule has 1 N–H and O–H groups in total. The van der Waals surface area contributed by atoms with Crippen LogP contribution in [0.15, 0.2) is 34.9 Å². The largest absolute Gasteiger partial charge is 0.469 e. The van der Waals surface area contributed by atoms with E-state index in [1.54, 1.807) is 19.4 Å². The highest BCUT2D eigenvalue weighted by Crippen LogP contribution is 2.24. The molecule has 0 aliphatic heterocycles. The standard InChI is InChI=1S/C14H14F3NO/c1-18-12(7-4-9-3-2-8-19-9)10-5-6-11(15)14(17)13(10)16/h2-3,5-6,8,12,18H,4,7H2,1H3. The highest BCUT2D eigenvalue weighted by molar-refractivity contribution is 5.23. The number of hydrogen-bond donors (Lipinski definition) is 1. The first-order valence-electron chi connectivity index (χ1n) is 5.96. The minimum atomic E-state index is -1.43. The van der Waals surface area contributed by atoms with Gasteiger partial charge < -0.3 is 9.73 Å². The minimum Gasteiger partial charge on any atom is -0.469 e. The Morgan fingerprint density at radius 1 is 1.16 bits per heavy atom. The van der Waals surface area contributed by atoms with Gasteiger partial charge in [0.15, 0.2) is 17.5 Å². The van der Waals surface area contributed by atoms with Crippen LogP contribution >= 0.6 is 0 Å². The van der Waals surface area contributed by atoms with E-state index in [1.807, 2.05) is 6.07 Å². The number of halogens is 3. The van der Waals surface area contributed by atoms with Crippen molar-refractivity contribution in [2.24, 2.45) is 0 Å². The minimum absolute atomic E-state index is 0.118. The molecule has 0 aliphatic rings. The lowest BCUT2D eigenvalue weighted by Crippen LogP contribution is -2.19. The second-order valence-electron chi connectivity index (χ2n) is 4.22. The molecule has 0 saturated heterocycles. The van der Waals surface area contributed by atoms with E-state index in [0.717, 1.165) is 11.8 Å². The van der Waals surface area contributed by atoms with Crippen LogP contribution in [0, 0.1) is 17.5 Å². The predicted molar refractivity (Wildman–Crippen MR) is 65.1 cm³/mol. The van der Waals surface area contributed by atoms with Crippen LogP contribution in [0.5, 0.6) is 0 Å². The average molecular weight is 269 g/mol. The maximum absolute atomic E-state index is 13.7. The molecule has 0 amide bonds. The van der Waals surface area contributed by atoms with Crippen LogP contribution in [-0.2, 0) is 6.42 Å². The van der Waals surface area contributed by atoms with Crippen LogP contribution in [0.1, 0.15) is 23.8 Å². The van der Waals surface area contributed by atoms with Gasteiger partial charge in [0.1, 0.15) is 5.76 Å². The summed E-state index contributed by atoms with van der Waals surface area (Å²) in [6, 6.07) is 5.37. The maximum Gasteiger partial charge on any atom is 0.194 e. The summed E-state index contributed by atoms with van der Waals surface area (Å²) in [6.45, 7) is 0. The zero-order valence-corrected chi connectivity index (χ0v) is 10.4. The van der Waals surface area contributed by atoms with E-state index in [4.69, 9.17) is 4.42 Å². The van der Waals surface area contributed by atoms with Crippen LogP contribution in [0.2, 0.25) is 0 Å². The molecule has 5 heteroatoms. The van der Waals surface area contributed by atoms with Gasteiger partial charge in [-0.2, -0.15) is 0 Å². The van der Waals surface area contributed by atoms with Gasteiger partial charge in [-0.15, -0.1) is 0 Å². The molecule has 0 saturated carbocycles. The first-order chi connectivity index (χ1) is 9.13. The van der Waals surface area contributed by atoms with Crippen molar-refractivity contribution in [1.82, 2.24) is 5.32 Å². The molecule has 0 aliphatic carbocycles. The highest BCUT2D eigenvalue weighted by atomic mass is 19.2. The number of furan rings is 1. The van der Waals surface area contributed by atoms with Crippen LogP contribution in [0.25, 0.3) is 0 Å². The quantitative estimate of drug-likeness (QED) is 0.839. The highest BCUT2D eigenvalue weighted by Gasteiger charge is 2.19. The Hall–Kier alpha value is -1.75. The van der Waals surface area contributed by atoms with Crippen molar-refractivity contribution in [2.45, 2.75) is 18.9 Å². The van der Waals surface area contributed by atoms with Crippen molar-refractivity contribution in [2.75, 3.05) is 7.05 Å². The molecule has 19 heavy (non-hydrogen) atoms. The van der Waals surface area contributed by atoms with Gasteiger partial charge in [0.25, 0.3) is 0 Å². The molecular formula is C14H14F3NO. The summed E-state index contributed by atoms with van der Waals surface area (Å²) in [5.74, 6) is -2.99. The molecule has 0 radical (unpaired) electrons. The normalized spacial score (nSPS) is 12.6. The maximum atomic E-state index is 13.7. The number of rotatable bonds is 5. The Bertz CT molecular complexity index is 540. The number of nitrogens with one attached hydrogen (secondary N) is 1. The topological polar surface area (TPSA) is 25.2 Å². The summed E-state index contributed by atoms with van der Waals surface area (Å²) in [7, 11) is 1.65. The molecule has 1 unspecified atom stereocenters. The molecule has 102 valence electrons. The van der Waals surface area contributed by atoms with E-state index in [9.17, 15) is 13.2 Å². The zero-order chi connectivity index (χ0) is 13.8. The van der Waals surface area contributed by atoms with E-state index in [0.29, 0.717) is 12.8 Å². The Balaban J connectivity index is 2.15. The lowest BCUT2D eigenvalue weighted by Gasteiger charge is -2.17. The van der Waals surface area contributed by atoms with E-state index in [1.165, 1.54) is 6.07 Å². The third-order valence-corrected chi connectivity index (χ3v) is 3.05. The Morgan fingerprint density at radius 2 is 1.95 bits per heavy atom. The molecule has 2 aromatic rings. The van der Waals surface area contributed by atoms with Gasteiger partial charge in [0.05, 0.1) is 6.26 Å². The van der Waals surface area contributed by atoms with Crippen molar-refractivity contribution in [1.29, 1.82) is 0 Å². The van der Waals surface area contributed by atoms with E-state index >= 15 is 0 Å². The lowest BCUT2D eigenvalue weighted by atomic mass is 10.0. The third-order valence-electron chi connectivity index (χ3n) is 3.05. The summed E-state index contributed by atoms with van der Waals surface area (Å²) >= 11 is 0. The van der Waals surface area contributed by atoms with Crippen molar-refractivity contribution >= 4 is 0 Å². The van der Waals surface area contributed by atoms with E-state index in [2.05, 4.69) is 5.32 Å². The van der Waals surface area contributed by atoms with Gasteiger partial charge in [-0.1, -0.05) is 6.07 Å². The molecule has 1 atom stereocenters. The summed E-state index contributed by atoms with van der Waals surface area (Å²) < 4.78 is 45.0. The molecule has 2 rings (SSSR count). The van der Waals surface area contributed by atoms with Gasteiger partial charge in [-0.25, -0.2) is 13.2 Å². The van der Waals surface area contributed by atoms with Gasteiger partial charge in [0.2, 0.25) is 0 Å². The van der Waals surface area contributed by atoms with Gasteiger partial charge >= 0.3 is 0 Å². The smallest absolute Gasteiger partial charge is 0.194 e. The fraction of sp³-hybridized carbons (Fsp3) is 0.286. The van der Waals surface area contributed by atoms with Crippen LogP contribution < -0.4 is 5.32 Å². The molecule has 2 nitrogen and oxygen atoms in total. The number of hydrogen-bond acceptors (Lipinski definition) is 2. The summed E-state index contributed by atoms with van der Waals surface area (Å²) in [5.41, 5.74) is 0.118. The Kier molecular flexibility index (Phi) is 4.27. The van der Waals surface area contributed by atoms with Gasteiger partial charge in [-0.3, -0.25) is 0 Å². The van der Waals surface area contributed by atoms with E-state index in [-0.39, 0.29) is 5.56 Å². The van der Waals surface area contributed by atoms with Crippen molar-refractivity contribution in [3.05, 3.63) is 59.3 Å². The third kappa shape index (κ3) is 2.98. The van der Waals surface area contributed by atoms with Crippen LogP contribution in [0.4, 0.5) is 13.2 Å². The fourth-order valence-electron chi connectivity index (χ4n) is 2.01. The van der Waals surface area contributed by atoms with Crippen LogP contribution in [0.3, 0.4) is 0 Å². The zero-order valence-electron chi connectivity index (χ0n) is 10.4. The fourth-order valence-corrected chi connectivity index (χ4v) is 2.01. The van der Waals surface area contributed by atoms with E-state index < -0.39 is 23.5 Å². The van der Waals surface area contributed by atoms with Crippen molar-refractivity contribution < 1.29 is 17.6 Å². The second kappa shape index (κ2) is 5.93. The number of aryl methyl sites for hydroxylation is 1. The van der Waals surface area contributed by atoms with Crippen molar-refractivity contribution in [3.63, 3.8) is 0 Å². The monoisotopic (exact) mass is 269 g/mol. The SMILES string of the molecule is CNC(CCc1ccco1)c1ccc(F)c(F)c1F. The van der Waals surface area contributed by atoms with Gasteiger partial charge in [0, 0.05) is 18.0 Å². The summed E-state index contributed by atoms with van der Waals surface area (Å²) in [4.78, 5) is 0. The molecular weight excluding hydrogens is 255 g/mol. The molecule has 1 aromatic carbocycles. The average Bonchev–Trinajstić information content (AvgIpc) is 2.92. The Labute approximate surface area is 109 Å². The number of benzene rings is 1. The molecule has 1 aromatic heterocycles. The predicted octanol–water partition coefficient (Wildman–Crippen LogP) is 3.59. The summed E-state index contributed by atoms with van der Waals surface area (Å²) in [6.07, 6.45) is 2.66. The van der Waals surface area contributed by atoms with Crippen LogP contribution in [-0.4, -0.2) is 7.05 Å². The lowest BCUT2D eigenvalue weighted by molar-refractivity contribution is 0.418. The molecule has 1 heterocycles. The van der Waals surface area contributed by atoms with Crippen molar-refractivity contribution in [3.8, 4) is 0 Å². The van der Waals surface area contributed by atoms with Gasteiger partial charge in [-0.05, 0) is 31.7 Å². The first kappa shape index (κ1) is 13.7.